The molecule has 2 heterocycles. The van der Waals surface area contributed by atoms with E-state index in [4.69, 9.17) is 5.11 Å². The van der Waals surface area contributed by atoms with E-state index in [-0.39, 0.29) is 18.3 Å². The Labute approximate surface area is 137 Å². The molecular formula is C17H17FN2O2S. The van der Waals surface area contributed by atoms with Gasteiger partial charge in [0.05, 0.1) is 16.8 Å². The van der Waals surface area contributed by atoms with Crippen LogP contribution in [0.4, 0.5) is 4.39 Å². The molecule has 2 aromatic heterocycles. The summed E-state index contributed by atoms with van der Waals surface area (Å²) in [6.07, 6.45) is 0.508. The number of rotatable bonds is 6. The third-order valence-corrected chi connectivity index (χ3v) is 4.52. The summed E-state index contributed by atoms with van der Waals surface area (Å²) in [5, 5.41) is 13.6. The Morgan fingerprint density at radius 3 is 2.91 bits per heavy atom. The lowest BCUT2D eigenvalue weighted by molar-refractivity contribution is 0.0942. The minimum Gasteiger partial charge on any atom is -0.396 e. The predicted octanol–water partition coefficient (Wildman–Crippen LogP) is 3.00. The van der Waals surface area contributed by atoms with Crippen LogP contribution in [0.1, 0.15) is 22.5 Å². The van der Waals surface area contributed by atoms with E-state index in [2.05, 4.69) is 5.32 Å². The molecular weight excluding hydrogens is 315 g/mol. The van der Waals surface area contributed by atoms with Crippen molar-refractivity contribution in [2.24, 2.45) is 0 Å². The molecule has 0 fully saturated rings. The van der Waals surface area contributed by atoms with Crippen LogP contribution in [0.3, 0.4) is 0 Å². The Morgan fingerprint density at radius 1 is 1.30 bits per heavy atom. The summed E-state index contributed by atoms with van der Waals surface area (Å²) in [4.78, 5) is 12.4. The number of aliphatic hydroxyl groups is 1. The van der Waals surface area contributed by atoms with Crippen LogP contribution in [-0.2, 0) is 6.54 Å². The topological polar surface area (TPSA) is 54.3 Å². The molecule has 0 radical (unpaired) electrons. The minimum absolute atomic E-state index is 0.0333. The third-order valence-electron chi connectivity index (χ3n) is 3.66. The van der Waals surface area contributed by atoms with Crippen molar-refractivity contribution in [3.05, 3.63) is 58.9 Å². The summed E-state index contributed by atoms with van der Waals surface area (Å²) in [5.41, 5.74) is 1.97. The van der Waals surface area contributed by atoms with Gasteiger partial charge in [0.1, 0.15) is 11.5 Å². The number of amides is 1. The lowest BCUT2D eigenvalue weighted by Gasteiger charge is -2.11. The van der Waals surface area contributed by atoms with Crippen molar-refractivity contribution in [3.8, 4) is 0 Å². The maximum atomic E-state index is 13.9. The largest absolute Gasteiger partial charge is 0.396 e. The van der Waals surface area contributed by atoms with Gasteiger partial charge < -0.3 is 15.0 Å². The van der Waals surface area contributed by atoms with Gasteiger partial charge in [-0.25, -0.2) is 4.39 Å². The second kappa shape index (κ2) is 6.93. The zero-order chi connectivity index (χ0) is 16.2. The first-order valence-electron chi connectivity index (χ1n) is 7.40. The maximum Gasteiger partial charge on any atom is 0.267 e. The van der Waals surface area contributed by atoms with E-state index in [1.807, 2.05) is 22.1 Å². The van der Waals surface area contributed by atoms with Gasteiger partial charge in [0.25, 0.3) is 5.91 Å². The van der Waals surface area contributed by atoms with Gasteiger partial charge in [0.15, 0.2) is 0 Å². The molecule has 1 amide bonds. The van der Waals surface area contributed by atoms with Crippen molar-refractivity contribution >= 4 is 27.5 Å². The molecule has 2 N–H and O–H groups in total. The summed E-state index contributed by atoms with van der Waals surface area (Å²) in [6, 6.07) is 10.3. The molecule has 0 bridgehead atoms. The monoisotopic (exact) mass is 332 g/mol. The average Bonchev–Trinajstić information content (AvgIpc) is 3.12. The zero-order valence-corrected chi connectivity index (χ0v) is 13.3. The third kappa shape index (κ3) is 3.28. The quantitative estimate of drug-likeness (QED) is 0.682. The van der Waals surface area contributed by atoms with E-state index in [1.165, 1.54) is 6.07 Å². The van der Waals surface area contributed by atoms with Gasteiger partial charge in [0, 0.05) is 18.7 Å². The zero-order valence-electron chi connectivity index (χ0n) is 12.5. The lowest BCUT2D eigenvalue weighted by atomic mass is 10.2. The molecule has 3 aromatic rings. The fraction of sp³-hybridized carbons (Fsp3) is 0.235. The first-order valence-corrected chi connectivity index (χ1v) is 8.28. The van der Waals surface area contributed by atoms with Crippen molar-refractivity contribution < 1.29 is 14.3 Å². The molecule has 0 aliphatic heterocycles. The normalized spacial score (nSPS) is 11.0. The Bertz CT molecular complexity index is 825. The summed E-state index contributed by atoms with van der Waals surface area (Å²) >= 11 is 1.55. The Kier molecular flexibility index (Phi) is 4.73. The molecule has 4 nitrogen and oxygen atoms in total. The van der Waals surface area contributed by atoms with Crippen LogP contribution in [0.2, 0.25) is 0 Å². The number of fused-ring (bicyclic) bond motifs is 1. The minimum atomic E-state index is -0.281. The first kappa shape index (κ1) is 15.7. The Balaban J connectivity index is 1.94. The van der Waals surface area contributed by atoms with Crippen molar-refractivity contribution in [3.63, 3.8) is 0 Å². The number of aromatic nitrogens is 1. The standard InChI is InChI=1S/C17H17FN2O2S/c18-13-5-2-1-4-12(13)11-20-14-6-9-23-16(14)10-15(20)17(22)19-7-3-8-21/h1-2,4-6,9-10,21H,3,7-8,11H2,(H,19,22). The highest BCUT2D eigenvalue weighted by Gasteiger charge is 2.17. The van der Waals surface area contributed by atoms with Crippen molar-refractivity contribution in [2.75, 3.05) is 13.2 Å². The van der Waals surface area contributed by atoms with Crippen LogP contribution in [0.5, 0.6) is 0 Å². The van der Waals surface area contributed by atoms with Crippen LogP contribution in [0.15, 0.2) is 41.8 Å². The van der Waals surface area contributed by atoms with E-state index >= 15 is 0 Å². The van der Waals surface area contributed by atoms with Crippen molar-refractivity contribution in [1.29, 1.82) is 0 Å². The van der Waals surface area contributed by atoms with Crippen LogP contribution in [0.25, 0.3) is 10.2 Å². The number of aliphatic hydroxyl groups excluding tert-OH is 1. The highest BCUT2D eigenvalue weighted by Crippen LogP contribution is 2.26. The fourth-order valence-electron chi connectivity index (χ4n) is 2.50. The van der Waals surface area contributed by atoms with Gasteiger partial charge in [-0.15, -0.1) is 11.3 Å². The Morgan fingerprint density at radius 2 is 2.13 bits per heavy atom. The van der Waals surface area contributed by atoms with Crippen molar-refractivity contribution in [1.82, 2.24) is 9.88 Å². The van der Waals surface area contributed by atoms with Gasteiger partial charge in [-0.2, -0.15) is 0 Å². The second-order valence-corrected chi connectivity index (χ2v) is 6.16. The number of carbonyl (C=O) groups is 1. The molecule has 3 rings (SSSR count). The molecule has 0 spiro atoms. The fourth-order valence-corrected chi connectivity index (χ4v) is 3.33. The van der Waals surface area contributed by atoms with Gasteiger partial charge >= 0.3 is 0 Å². The molecule has 6 heteroatoms. The number of hydrogen-bond donors (Lipinski definition) is 2. The molecule has 120 valence electrons. The van der Waals surface area contributed by atoms with Crippen molar-refractivity contribution in [2.45, 2.75) is 13.0 Å². The number of carbonyl (C=O) groups excluding carboxylic acids is 1. The Hall–Kier alpha value is -2.18. The van der Waals surface area contributed by atoms with Gasteiger partial charge in [-0.05, 0) is 30.0 Å². The van der Waals surface area contributed by atoms with E-state index in [1.54, 1.807) is 29.5 Å². The molecule has 1 aromatic carbocycles. The number of hydrogen-bond acceptors (Lipinski definition) is 3. The van der Waals surface area contributed by atoms with E-state index in [0.29, 0.717) is 30.8 Å². The number of benzene rings is 1. The van der Waals surface area contributed by atoms with Crippen LogP contribution in [-0.4, -0.2) is 28.7 Å². The summed E-state index contributed by atoms with van der Waals surface area (Å²) in [6.45, 7) is 0.745. The SMILES string of the molecule is O=C(NCCCO)c1cc2sccc2n1Cc1ccccc1F. The lowest BCUT2D eigenvalue weighted by Crippen LogP contribution is -2.27. The molecule has 0 atom stereocenters. The van der Waals surface area contributed by atoms with E-state index in [9.17, 15) is 9.18 Å². The number of thiophene rings is 1. The van der Waals surface area contributed by atoms with Crippen LogP contribution < -0.4 is 5.32 Å². The van der Waals surface area contributed by atoms with Crippen LogP contribution in [0, 0.1) is 5.82 Å². The smallest absolute Gasteiger partial charge is 0.267 e. The molecule has 0 unspecified atom stereocenters. The molecule has 0 aliphatic carbocycles. The van der Waals surface area contributed by atoms with E-state index < -0.39 is 0 Å². The van der Waals surface area contributed by atoms with Crippen LogP contribution >= 0.6 is 11.3 Å². The number of nitrogens with zero attached hydrogens (tertiary/aromatic N) is 1. The second-order valence-electron chi connectivity index (χ2n) is 5.21. The molecule has 0 aliphatic rings. The molecule has 23 heavy (non-hydrogen) atoms. The van der Waals surface area contributed by atoms with Gasteiger partial charge in [0.2, 0.25) is 0 Å². The first-order chi connectivity index (χ1) is 11.2. The maximum absolute atomic E-state index is 13.9. The highest BCUT2D eigenvalue weighted by atomic mass is 32.1. The number of nitrogens with one attached hydrogen (secondary N) is 1. The average molecular weight is 332 g/mol. The molecule has 0 saturated heterocycles. The summed E-state index contributed by atoms with van der Waals surface area (Å²) < 4.78 is 16.8. The molecule has 0 saturated carbocycles. The predicted molar refractivity (Wildman–Crippen MR) is 89.4 cm³/mol. The number of halogens is 1. The van der Waals surface area contributed by atoms with Gasteiger partial charge in [-0.1, -0.05) is 18.2 Å². The summed E-state index contributed by atoms with van der Waals surface area (Å²) in [5.74, 6) is -0.491. The van der Waals surface area contributed by atoms with Gasteiger partial charge in [-0.3, -0.25) is 4.79 Å². The summed E-state index contributed by atoms with van der Waals surface area (Å²) in [7, 11) is 0. The highest BCUT2D eigenvalue weighted by molar-refractivity contribution is 7.17. The van der Waals surface area contributed by atoms with E-state index in [0.717, 1.165) is 10.2 Å².